The van der Waals surface area contributed by atoms with Crippen molar-refractivity contribution in [2.45, 2.75) is 44.1 Å². The van der Waals surface area contributed by atoms with E-state index in [1.54, 1.807) is 0 Å². The predicted molar refractivity (Wildman–Crippen MR) is 52.2 cm³/mol. The van der Waals surface area contributed by atoms with Gasteiger partial charge in [0.25, 0.3) is 0 Å². The average Bonchev–Trinajstić information content (AvgIpc) is 2.72. The molecule has 14 heavy (non-hydrogen) atoms. The minimum Gasteiger partial charge on any atom is -0.388 e. The molecule has 4 nitrogen and oxygen atoms in total. The zero-order valence-electron chi connectivity index (χ0n) is 8.61. The molecule has 82 valence electrons. The number of nitrogens with one attached hydrogen (secondary N) is 1. The third-order valence-corrected chi connectivity index (χ3v) is 2.96. The van der Waals surface area contributed by atoms with E-state index in [0.29, 0.717) is 13.2 Å². The Labute approximate surface area is 84.6 Å². The topological polar surface area (TPSA) is 50.7 Å². The Morgan fingerprint density at radius 3 is 2.86 bits per heavy atom. The highest BCUT2D eigenvalue weighted by Crippen LogP contribution is 2.26. The third kappa shape index (κ3) is 1.93. The molecule has 2 saturated heterocycles. The predicted octanol–water partition coefficient (Wildman–Crippen LogP) is -0.0968. The second-order valence-corrected chi connectivity index (χ2v) is 4.08. The molecule has 2 heterocycles. The molecular weight excluding hydrogens is 182 g/mol. The first-order chi connectivity index (χ1) is 6.83. The van der Waals surface area contributed by atoms with Crippen LogP contribution in [0.1, 0.15) is 19.8 Å². The second-order valence-electron chi connectivity index (χ2n) is 4.08. The summed E-state index contributed by atoms with van der Waals surface area (Å²) in [6.07, 6.45) is 1.89. The lowest BCUT2D eigenvalue weighted by Crippen LogP contribution is -2.41. The van der Waals surface area contributed by atoms with Crippen LogP contribution in [0.4, 0.5) is 0 Å². The fourth-order valence-corrected chi connectivity index (χ4v) is 2.12. The summed E-state index contributed by atoms with van der Waals surface area (Å²) in [6.45, 7) is 4.26. The van der Waals surface area contributed by atoms with E-state index in [-0.39, 0.29) is 18.2 Å². The molecule has 4 heteroatoms. The lowest BCUT2D eigenvalue weighted by molar-refractivity contribution is 0.0178. The van der Waals surface area contributed by atoms with Gasteiger partial charge in [0.05, 0.1) is 19.3 Å². The van der Waals surface area contributed by atoms with E-state index in [1.165, 1.54) is 12.8 Å². The Morgan fingerprint density at radius 2 is 2.07 bits per heavy atom. The Morgan fingerprint density at radius 1 is 1.29 bits per heavy atom. The summed E-state index contributed by atoms with van der Waals surface area (Å²) in [7, 11) is 0. The van der Waals surface area contributed by atoms with Crippen LogP contribution in [0.15, 0.2) is 0 Å². The zero-order chi connectivity index (χ0) is 9.97. The SMILES string of the molecule is CCCCN[C@@H]1CO[C@H]2[C@@H]1OC[C@H]2O. The van der Waals surface area contributed by atoms with Crippen molar-refractivity contribution in [3.63, 3.8) is 0 Å². The maximum absolute atomic E-state index is 9.51. The Kier molecular flexibility index (Phi) is 3.38. The fraction of sp³-hybridized carbons (Fsp3) is 1.00. The molecule has 0 aromatic carbocycles. The summed E-state index contributed by atoms with van der Waals surface area (Å²) in [5.41, 5.74) is 0. The smallest absolute Gasteiger partial charge is 0.113 e. The van der Waals surface area contributed by atoms with Gasteiger partial charge >= 0.3 is 0 Å². The maximum Gasteiger partial charge on any atom is 0.113 e. The number of hydrogen-bond donors (Lipinski definition) is 2. The highest BCUT2D eigenvalue weighted by molar-refractivity contribution is 4.97. The van der Waals surface area contributed by atoms with Crippen LogP contribution in [0.3, 0.4) is 0 Å². The Hall–Kier alpha value is -0.160. The largest absolute Gasteiger partial charge is 0.388 e. The molecule has 0 amide bonds. The number of aliphatic hydroxyl groups excluding tert-OH is 1. The van der Waals surface area contributed by atoms with Gasteiger partial charge in [0, 0.05) is 0 Å². The molecule has 0 bridgehead atoms. The van der Waals surface area contributed by atoms with Crippen molar-refractivity contribution < 1.29 is 14.6 Å². The third-order valence-electron chi connectivity index (χ3n) is 2.96. The van der Waals surface area contributed by atoms with Crippen LogP contribution < -0.4 is 5.32 Å². The molecule has 0 saturated carbocycles. The van der Waals surface area contributed by atoms with E-state index in [2.05, 4.69) is 12.2 Å². The van der Waals surface area contributed by atoms with Crippen LogP contribution in [0.5, 0.6) is 0 Å². The highest BCUT2D eigenvalue weighted by Gasteiger charge is 2.46. The molecule has 0 aliphatic carbocycles. The Bertz CT molecular complexity index is 188. The molecule has 2 fully saturated rings. The van der Waals surface area contributed by atoms with E-state index in [0.717, 1.165) is 6.54 Å². The number of ether oxygens (including phenoxy) is 2. The number of fused-ring (bicyclic) bond motifs is 1. The van der Waals surface area contributed by atoms with Gasteiger partial charge in [0.2, 0.25) is 0 Å². The van der Waals surface area contributed by atoms with Crippen LogP contribution >= 0.6 is 0 Å². The van der Waals surface area contributed by atoms with Gasteiger partial charge in [-0.2, -0.15) is 0 Å². The van der Waals surface area contributed by atoms with Crippen LogP contribution in [0, 0.1) is 0 Å². The van der Waals surface area contributed by atoms with Gasteiger partial charge in [0.1, 0.15) is 18.3 Å². The molecule has 0 unspecified atom stereocenters. The normalized spacial score (nSPS) is 41.6. The molecule has 2 aliphatic rings. The van der Waals surface area contributed by atoms with Gasteiger partial charge in [-0.3, -0.25) is 0 Å². The lowest BCUT2D eigenvalue weighted by atomic mass is 10.1. The van der Waals surface area contributed by atoms with Crippen molar-refractivity contribution in [1.29, 1.82) is 0 Å². The van der Waals surface area contributed by atoms with Gasteiger partial charge in [-0.1, -0.05) is 13.3 Å². The van der Waals surface area contributed by atoms with Crippen LogP contribution in [-0.2, 0) is 9.47 Å². The number of unbranched alkanes of at least 4 members (excludes halogenated alkanes) is 1. The molecule has 2 N–H and O–H groups in total. The Balaban J connectivity index is 1.78. The second kappa shape index (κ2) is 4.57. The molecule has 0 radical (unpaired) electrons. The molecule has 2 aliphatic heterocycles. The molecule has 0 aromatic rings. The van der Waals surface area contributed by atoms with E-state index < -0.39 is 6.10 Å². The van der Waals surface area contributed by atoms with Crippen LogP contribution in [-0.4, -0.2) is 49.2 Å². The first-order valence-electron chi connectivity index (χ1n) is 5.47. The van der Waals surface area contributed by atoms with Crippen LogP contribution in [0.25, 0.3) is 0 Å². The van der Waals surface area contributed by atoms with Crippen molar-refractivity contribution in [2.24, 2.45) is 0 Å². The summed E-state index contributed by atoms with van der Waals surface area (Å²) in [5.74, 6) is 0. The standard InChI is InChI=1S/C10H19NO3/c1-2-3-4-11-7-5-13-10-8(12)6-14-9(7)10/h7-12H,2-6H2,1H3/t7-,8-,9-,10-/m1/s1. The van der Waals surface area contributed by atoms with Gasteiger partial charge in [-0.25, -0.2) is 0 Å². The van der Waals surface area contributed by atoms with E-state index >= 15 is 0 Å². The monoisotopic (exact) mass is 201 g/mol. The summed E-state index contributed by atoms with van der Waals surface area (Å²) in [4.78, 5) is 0. The minimum absolute atomic E-state index is 0.0573. The molecule has 4 atom stereocenters. The quantitative estimate of drug-likeness (QED) is 0.624. The minimum atomic E-state index is -0.432. The van der Waals surface area contributed by atoms with Crippen molar-refractivity contribution in [3.05, 3.63) is 0 Å². The van der Waals surface area contributed by atoms with E-state index in [1.807, 2.05) is 0 Å². The summed E-state index contributed by atoms with van der Waals surface area (Å²) < 4.78 is 11.0. The summed E-state index contributed by atoms with van der Waals surface area (Å²) in [5, 5.41) is 12.9. The number of aliphatic hydroxyl groups is 1. The molecule has 0 spiro atoms. The van der Waals surface area contributed by atoms with Gasteiger partial charge in [-0.15, -0.1) is 0 Å². The first-order valence-corrected chi connectivity index (χ1v) is 5.47. The number of hydrogen-bond acceptors (Lipinski definition) is 4. The maximum atomic E-state index is 9.51. The van der Waals surface area contributed by atoms with Crippen molar-refractivity contribution in [2.75, 3.05) is 19.8 Å². The van der Waals surface area contributed by atoms with Crippen molar-refractivity contribution in [3.8, 4) is 0 Å². The number of rotatable bonds is 4. The van der Waals surface area contributed by atoms with Crippen LogP contribution in [0.2, 0.25) is 0 Å². The summed E-state index contributed by atoms with van der Waals surface area (Å²) in [6, 6.07) is 0.267. The molecular formula is C10H19NO3. The zero-order valence-corrected chi connectivity index (χ0v) is 8.61. The lowest BCUT2D eigenvalue weighted by Gasteiger charge is -2.16. The molecule has 0 aromatic heterocycles. The highest BCUT2D eigenvalue weighted by atomic mass is 16.6. The fourth-order valence-electron chi connectivity index (χ4n) is 2.12. The van der Waals surface area contributed by atoms with Gasteiger partial charge in [-0.05, 0) is 13.0 Å². The average molecular weight is 201 g/mol. The first kappa shape index (κ1) is 10.4. The van der Waals surface area contributed by atoms with Gasteiger partial charge < -0.3 is 19.9 Å². The van der Waals surface area contributed by atoms with Crippen molar-refractivity contribution >= 4 is 0 Å². The van der Waals surface area contributed by atoms with Gasteiger partial charge in [0.15, 0.2) is 0 Å². The van der Waals surface area contributed by atoms with Crippen molar-refractivity contribution in [1.82, 2.24) is 5.32 Å². The van der Waals surface area contributed by atoms with E-state index in [4.69, 9.17) is 9.47 Å². The van der Waals surface area contributed by atoms with E-state index in [9.17, 15) is 5.11 Å². The summed E-state index contributed by atoms with van der Waals surface area (Å²) >= 11 is 0. The molecule has 2 rings (SSSR count).